The molecule has 0 spiro atoms. The molecule has 2 rings (SSSR count). The number of thiazole rings is 1. The van der Waals surface area contributed by atoms with Gasteiger partial charge in [-0.1, -0.05) is 11.3 Å². The number of carbonyl (C=O) groups is 1. The van der Waals surface area contributed by atoms with Gasteiger partial charge in [-0.15, -0.1) is 5.10 Å². The molecule has 0 aliphatic heterocycles. The summed E-state index contributed by atoms with van der Waals surface area (Å²) >= 11 is 2.66. The van der Waals surface area contributed by atoms with Crippen molar-refractivity contribution in [1.82, 2.24) is 25.2 Å². The standard InChI is InChI=1S/C6H7N7OS2/c1-13-6(10-11-12-13)16-3-2-8-5(15-3)9-4(7)14/h2H,1H3,(H3,7,8,9,14). The van der Waals surface area contributed by atoms with Crippen molar-refractivity contribution in [2.45, 2.75) is 9.37 Å². The van der Waals surface area contributed by atoms with Gasteiger partial charge in [0, 0.05) is 7.05 Å². The number of urea groups is 1. The summed E-state index contributed by atoms with van der Waals surface area (Å²) in [6.45, 7) is 0. The number of nitrogens with one attached hydrogen (secondary N) is 1. The minimum absolute atomic E-state index is 0.449. The first-order valence-electron chi connectivity index (χ1n) is 4.07. The summed E-state index contributed by atoms with van der Waals surface area (Å²) in [5.41, 5.74) is 4.97. The maximum atomic E-state index is 10.6. The number of hydrogen-bond acceptors (Lipinski definition) is 7. The van der Waals surface area contributed by atoms with Crippen LogP contribution in [0.3, 0.4) is 0 Å². The Morgan fingerprint density at radius 2 is 2.50 bits per heavy atom. The van der Waals surface area contributed by atoms with Gasteiger partial charge in [0.15, 0.2) is 5.13 Å². The number of anilines is 1. The quantitative estimate of drug-likeness (QED) is 0.818. The highest BCUT2D eigenvalue weighted by Crippen LogP contribution is 2.31. The van der Waals surface area contributed by atoms with Crippen molar-refractivity contribution >= 4 is 34.3 Å². The Morgan fingerprint density at radius 1 is 1.69 bits per heavy atom. The summed E-state index contributed by atoms with van der Waals surface area (Å²) in [7, 11) is 1.74. The van der Waals surface area contributed by atoms with Crippen LogP contribution in [0.2, 0.25) is 0 Å². The molecule has 10 heteroatoms. The zero-order chi connectivity index (χ0) is 11.5. The third-order valence-corrected chi connectivity index (χ3v) is 3.53. The molecule has 2 aromatic rings. The lowest BCUT2D eigenvalue weighted by molar-refractivity contribution is 0.259. The number of carbonyl (C=O) groups excluding carboxylic acids is 1. The van der Waals surface area contributed by atoms with Crippen LogP contribution in [0.15, 0.2) is 15.6 Å². The highest BCUT2D eigenvalue weighted by atomic mass is 32.2. The van der Waals surface area contributed by atoms with Gasteiger partial charge in [-0.3, -0.25) is 5.32 Å². The van der Waals surface area contributed by atoms with E-state index in [9.17, 15) is 4.79 Å². The number of nitrogens with two attached hydrogens (primary N) is 1. The van der Waals surface area contributed by atoms with Crippen LogP contribution in [-0.2, 0) is 7.05 Å². The first-order chi connectivity index (χ1) is 7.65. The van der Waals surface area contributed by atoms with Crippen LogP contribution >= 0.6 is 23.1 Å². The highest BCUT2D eigenvalue weighted by Gasteiger charge is 2.09. The fourth-order valence-electron chi connectivity index (χ4n) is 0.867. The van der Waals surface area contributed by atoms with Crippen molar-refractivity contribution in [2.75, 3.05) is 5.32 Å². The molecule has 2 heterocycles. The first kappa shape index (κ1) is 10.8. The fraction of sp³-hybridized carbons (Fsp3) is 0.167. The van der Waals surface area contributed by atoms with Crippen LogP contribution < -0.4 is 11.1 Å². The predicted octanol–water partition coefficient (Wildman–Crippen LogP) is 0.308. The Labute approximate surface area is 98.2 Å². The monoisotopic (exact) mass is 257 g/mol. The zero-order valence-corrected chi connectivity index (χ0v) is 9.75. The van der Waals surface area contributed by atoms with Crippen molar-refractivity contribution < 1.29 is 4.79 Å². The van der Waals surface area contributed by atoms with Crippen LogP contribution in [0.25, 0.3) is 0 Å². The highest BCUT2D eigenvalue weighted by molar-refractivity contribution is 8.01. The molecule has 0 aliphatic rings. The van der Waals surface area contributed by atoms with Crippen LogP contribution in [0.4, 0.5) is 9.93 Å². The SMILES string of the molecule is Cn1nnnc1Sc1cnc(NC(N)=O)s1. The van der Waals surface area contributed by atoms with Gasteiger partial charge in [0.25, 0.3) is 0 Å². The lowest BCUT2D eigenvalue weighted by Crippen LogP contribution is -2.18. The van der Waals surface area contributed by atoms with Crippen molar-refractivity contribution in [3.63, 3.8) is 0 Å². The predicted molar refractivity (Wildman–Crippen MR) is 58.2 cm³/mol. The zero-order valence-electron chi connectivity index (χ0n) is 8.12. The van der Waals surface area contributed by atoms with Gasteiger partial charge in [0.1, 0.15) is 0 Å². The lowest BCUT2D eigenvalue weighted by Gasteiger charge is -1.94. The summed E-state index contributed by atoms with van der Waals surface area (Å²) in [6.07, 6.45) is 1.62. The molecule has 0 saturated carbocycles. The topological polar surface area (TPSA) is 112 Å². The summed E-state index contributed by atoms with van der Waals surface area (Å²) in [5.74, 6) is 0. The number of amides is 2. The summed E-state index contributed by atoms with van der Waals surface area (Å²) in [5, 5.41) is 14.5. The Balaban J connectivity index is 2.08. The van der Waals surface area contributed by atoms with Gasteiger partial charge >= 0.3 is 6.03 Å². The number of primary amides is 1. The molecule has 0 bridgehead atoms. The fourth-order valence-corrected chi connectivity index (χ4v) is 2.58. The number of hydrogen-bond donors (Lipinski definition) is 2. The van der Waals surface area contributed by atoms with E-state index in [4.69, 9.17) is 5.73 Å². The number of rotatable bonds is 3. The molecule has 0 saturated heterocycles. The molecule has 0 radical (unpaired) electrons. The Hall–Kier alpha value is -1.68. The average Bonchev–Trinajstić information content (AvgIpc) is 2.77. The van der Waals surface area contributed by atoms with Gasteiger partial charge in [-0.2, -0.15) is 0 Å². The van der Waals surface area contributed by atoms with E-state index in [-0.39, 0.29) is 0 Å². The molecular weight excluding hydrogens is 250 g/mol. The molecule has 2 amide bonds. The second-order valence-corrected chi connectivity index (χ2v) is 4.96. The number of nitrogens with zero attached hydrogens (tertiary/aromatic N) is 5. The van der Waals surface area contributed by atoms with Crippen molar-refractivity contribution in [2.24, 2.45) is 12.8 Å². The maximum absolute atomic E-state index is 10.6. The number of tetrazole rings is 1. The van der Waals surface area contributed by atoms with Crippen LogP contribution in [0, 0.1) is 0 Å². The molecule has 3 N–H and O–H groups in total. The molecular formula is C6H7N7OS2. The van der Waals surface area contributed by atoms with Gasteiger partial charge in [0.2, 0.25) is 5.16 Å². The van der Waals surface area contributed by atoms with E-state index in [1.807, 2.05) is 0 Å². The van der Waals surface area contributed by atoms with Gasteiger partial charge in [-0.25, -0.2) is 14.5 Å². The lowest BCUT2D eigenvalue weighted by atomic mass is 10.9. The van der Waals surface area contributed by atoms with Crippen molar-refractivity contribution in [1.29, 1.82) is 0 Å². The summed E-state index contributed by atoms with van der Waals surface area (Å²) in [6, 6.07) is -0.633. The molecule has 84 valence electrons. The van der Waals surface area contributed by atoms with E-state index in [0.29, 0.717) is 10.3 Å². The van der Waals surface area contributed by atoms with Gasteiger partial charge in [-0.05, 0) is 22.2 Å². The van der Waals surface area contributed by atoms with Crippen molar-refractivity contribution in [3.8, 4) is 0 Å². The number of aromatic nitrogens is 5. The van der Waals surface area contributed by atoms with Crippen molar-refractivity contribution in [3.05, 3.63) is 6.20 Å². The molecule has 16 heavy (non-hydrogen) atoms. The average molecular weight is 257 g/mol. The third-order valence-electron chi connectivity index (χ3n) is 1.49. The maximum Gasteiger partial charge on any atom is 0.318 e. The molecule has 2 aromatic heterocycles. The minimum Gasteiger partial charge on any atom is -0.351 e. The summed E-state index contributed by atoms with van der Waals surface area (Å²) < 4.78 is 2.41. The van der Waals surface area contributed by atoms with Gasteiger partial charge < -0.3 is 5.73 Å². The van der Waals surface area contributed by atoms with E-state index in [2.05, 4.69) is 25.8 Å². The minimum atomic E-state index is -0.633. The van der Waals surface area contributed by atoms with Gasteiger partial charge in [0.05, 0.1) is 10.4 Å². The van der Waals surface area contributed by atoms with E-state index >= 15 is 0 Å². The second-order valence-electron chi connectivity index (χ2n) is 2.66. The van der Waals surface area contributed by atoms with E-state index < -0.39 is 6.03 Å². The second kappa shape index (κ2) is 4.45. The van der Waals surface area contributed by atoms with E-state index in [1.54, 1.807) is 17.9 Å². The molecule has 0 aromatic carbocycles. The largest absolute Gasteiger partial charge is 0.351 e. The Kier molecular flexibility index (Phi) is 3.01. The smallest absolute Gasteiger partial charge is 0.318 e. The summed E-state index contributed by atoms with van der Waals surface area (Å²) in [4.78, 5) is 14.6. The Morgan fingerprint density at radius 3 is 3.12 bits per heavy atom. The normalized spacial score (nSPS) is 10.3. The molecule has 0 fully saturated rings. The van der Waals surface area contributed by atoms with Crippen LogP contribution in [-0.4, -0.2) is 31.2 Å². The van der Waals surface area contributed by atoms with E-state index in [1.165, 1.54) is 23.1 Å². The number of aryl methyl sites for hydroxylation is 1. The molecule has 0 unspecified atom stereocenters. The van der Waals surface area contributed by atoms with E-state index in [0.717, 1.165) is 4.21 Å². The Bertz CT molecular complexity index is 506. The third kappa shape index (κ3) is 2.46. The molecule has 0 aliphatic carbocycles. The molecule has 8 nitrogen and oxygen atoms in total. The van der Waals surface area contributed by atoms with Crippen LogP contribution in [0.5, 0.6) is 0 Å². The first-order valence-corrected chi connectivity index (χ1v) is 5.71. The van der Waals surface area contributed by atoms with Crippen LogP contribution in [0.1, 0.15) is 0 Å². The molecule has 0 atom stereocenters.